The summed E-state index contributed by atoms with van der Waals surface area (Å²) in [6, 6.07) is 0. The topological polar surface area (TPSA) is 244 Å². The molecule has 0 aliphatic heterocycles. The zero-order valence-corrected chi connectivity index (χ0v) is 15.3. The van der Waals surface area contributed by atoms with Crippen molar-refractivity contribution in [3.63, 3.8) is 0 Å². The SMILES string of the molecule is O=C(O)CCC(CC(CC(CCC(=O)O)C(=O)O)(C(=O)O)P(=O)(O)O)C(=O)O. The van der Waals surface area contributed by atoms with Gasteiger partial charge in [-0.3, -0.25) is 28.5 Å². The zero-order valence-electron chi connectivity index (χ0n) is 14.4. The lowest BCUT2D eigenvalue weighted by Gasteiger charge is -2.34. The minimum Gasteiger partial charge on any atom is -0.481 e. The maximum atomic E-state index is 12.0. The fourth-order valence-electron chi connectivity index (χ4n) is 2.66. The van der Waals surface area contributed by atoms with Gasteiger partial charge in [0, 0.05) is 12.8 Å². The minimum atomic E-state index is -5.67. The second-order valence-corrected chi connectivity index (χ2v) is 8.17. The second kappa shape index (κ2) is 10.2. The predicted octanol–water partition coefficient (Wildman–Crippen LogP) is -0.101. The molecule has 0 heterocycles. The first-order chi connectivity index (χ1) is 12.6. The van der Waals surface area contributed by atoms with Gasteiger partial charge in [0.1, 0.15) is 0 Å². The Hall–Kier alpha value is -2.50. The van der Waals surface area contributed by atoms with E-state index in [0.717, 1.165) is 0 Å². The monoisotopic (exact) mass is 428 g/mol. The zero-order chi connectivity index (χ0) is 22.3. The maximum Gasteiger partial charge on any atom is 0.342 e. The van der Waals surface area contributed by atoms with Crippen molar-refractivity contribution in [3.8, 4) is 0 Å². The van der Waals surface area contributed by atoms with Crippen LogP contribution in [-0.4, -0.2) is 70.3 Å². The molecule has 0 spiro atoms. The molecule has 0 aliphatic carbocycles. The summed E-state index contributed by atoms with van der Waals surface area (Å²) in [6.45, 7) is 0. The Bertz CT molecular complexity index is 641. The lowest BCUT2D eigenvalue weighted by Crippen LogP contribution is -2.44. The van der Waals surface area contributed by atoms with Crippen LogP contribution in [-0.2, 0) is 28.5 Å². The first-order valence-electron chi connectivity index (χ1n) is 7.82. The number of carbonyl (C=O) groups is 5. The van der Waals surface area contributed by atoms with Crippen molar-refractivity contribution in [1.29, 1.82) is 0 Å². The molecule has 28 heavy (non-hydrogen) atoms. The summed E-state index contributed by atoms with van der Waals surface area (Å²) in [6.07, 6.45) is -5.21. The molecule has 0 rings (SSSR count). The van der Waals surface area contributed by atoms with Crippen LogP contribution in [0, 0.1) is 11.8 Å². The molecular weight excluding hydrogens is 407 g/mol. The Labute approximate surface area is 157 Å². The smallest absolute Gasteiger partial charge is 0.342 e. The van der Waals surface area contributed by atoms with E-state index in [-0.39, 0.29) is 0 Å². The molecule has 160 valence electrons. The second-order valence-electron chi connectivity index (χ2n) is 6.22. The van der Waals surface area contributed by atoms with Crippen LogP contribution in [0.1, 0.15) is 38.5 Å². The van der Waals surface area contributed by atoms with Crippen LogP contribution in [0.2, 0.25) is 0 Å². The average Bonchev–Trinajstić information content (AvgIpc) is 2.50. The quantitative estimate of drug-likeness (QED) is 0.179. The van der Waals surface area contributed by atoms with Gasteiger partial charge >= 0.3 is 37.4 Å². The van der Waals surface area contributed by atoms with Gasteiger partial charge in [-0.15, -0.1) is 0 Å². The molecule has 0 aromatic heterocycles. The van der Waals surface area contributed by atoms with E-state index in [1.54, 1.807) is 0 Å². The first kappa shape index (κ1) is 25.5. The Morgan fingerprint density at radius 3 is 1.21 bits per heavy atom. The van der Waals surface area contributed by atoms with Gasteiger partial charge in [-0.2, -0.15) is 0 Å². The molecule has 2 atom stereocenters. The summed E-state index contributed by atoms with van der Waals surface area (Å²) in [4.78, 5) is 75.0. The predicted molar refractivity (Wildman–Crippen MR) is 87.6 cm³/mol. The fraction of sp³-hybridized carbons (Fsp3) is 0.643. The lowest BCUT2D eigenvalue weighted by molar-refractivity contribution is -0.147. The summed E-state index contributed by atoms with van der Waals surface area (Å²) in [5, 5.41) is 42.0. The van der Waals surface area contributed by atoms with E-state index in [0.29, 0.717) is 0 Å². The van der Waals surface area contributed by atoms with Gasteiger partial charge < -0.3 is 35.3 Å². The largest absolute Gasteiger partial charge is 0.481 e. The highest BCUT2D eigenvalue weighted by molar-refractivity contribution is 7.54. The van der Waals surface area contributed by atoms with Crippen molar-refractivity contribution in [3.05, 3.63) is 0 Å². The number of hydrogen-bond donors (Lipinski definition) is 7. The minimum absolute atomic E-state index is 0.646. The van der Waals surface area contributed by atoms with Crippen molar-refractivity contribution in [2.75, 3.05) is 0 Å². The normalized spacial score (nSPS) is 15.8. The Balaban J connectivity index is 6.06. The van der Waals surface area contributed by atoms with E-state index in [9.17, 15) is 53.6 Å². The molecule has 0 bridgehead atoms. The molecule has 7 N–H and O–H groups in total. The highest BCUT2D eigenvalue weighted by Crippen LogP contribution is 2.57. The van der Waals surface area contributed by atoms with Crippen molar-refractivity contribution >= 4 is 37.4 Å². The van der Waals surface area contributed by atoms with Crippen LogP contribution >= 0.6 is 7.60 Å². The molecular formula is C14H21O13P. The highest BCUT2D eigenvalue weighted by atomic mass is 31.2. The van der Waals surface area contributed by atoms with E-state index in [1.807, 2.05) is 0 Å². The summed E-state index contributed by atoms with van der Waals surface area (Å²) >= 11 is 0. The fourth-order valence-corrected chi connectivity index (χ4v) is 3.82. The third kappa shape index (κ3) is 7.25. The number of rotatable bonds is 14. The van der Waals surface area contributed by atoms with E-state index in [1.165, 1.54) is 0 Å². The molecule has 14 heteroatoms. The van der Waals surface area contributed by atoms with Crippen molar-refractivity contribution in [1.82, 2.24) is 0 Å². The third-order valence-corrected chi connectivity index (χ3v) is 5.91. The van der Waals surface area contributed by atoms with Crippen LogP contribution in [0.3, 0.4) is 0 Å². The first-order valence-corrected chi connectivity index (χ1v) is 9.43. The van der Waals surface area contributed by atoms with Crippen LogP contribution < -0.4 is 0 Å². The Morgan fingerprint density at radius 2 is 1.04 bits per heavy atom. The van der Waals surface area contributed by atoms with Gasteiger partial charge in [0.2, 0.25) is 0 Å². The summed E-state index contributed by atoms with van der Waals surface area (Å²) in [5.41, 5.74) is 0. The summed E-state index contributed by atoms with van der Waals surface area (Å²) in [7, 11) is -5.67. The van der Waals surface area contributed by atoms with Crippen LogP contribution in [0.15, 0.2) is 0 Å². The standard InChI is InChI=1S/C14H21O13P/c15-9(16)3-1-7(11(19)20)5-14(13(23)24,28(25,26)27)6-8(12(21)22)2-4-10(17)18/h7-8H,1-6H2,(H,15,16)(H,17,18)(H,19,20)(H,21,22)(H,23,24)(H2,25,26,27). The van der Waals surface area contributed by atoms with Crippen molar-refractivity contribution < 1.29 is 63.9 Å². The van der Waals surface area contributed by atoms with Gasteiger partial charge in [-0.1, -0.05) is 0 Å². The molecule has 0 saturated heterocycles. The highest BCUT2D eigenvalue weighted by Gasteiger charge is 2.57. The average molecular weight is 428 g/mol. The Morgan fingerprint density at radius 1 is 0.714 bits per heavy atom. The Kier molecular flexibility index (Phi) is 9.25. The molecule has 2 unspecified atom stereocenters. The molecule has 13 nitrogen and oxygen atoms in total. The molecule has 0 amide bonds. The number of carboxylic acids is 5. The molecule has 0 aromatic rings. The summed E-state index contributed by atoms with van der Waals surface area (Å²) in [5.74, 6) is -12.0. The molecule has 0 fully saturated rings. The summed E-state index contributed by atoms with van der Waals surface area (Å²) < 4.78 is 12.0. The van der Waals surface area contributed by atoms with Gasteiger partial charge in [0.05, 0.1) is 11.8 Å². The molecule has 0 saturated carbocycles. The van der Waals surface area contributed by atoms with E-state index in [4.69, 9.17) is 10.2 Å². The number of aliphatic carboxylic acids is 5. The van der Waals surface area contributed by atoms with Gasteiger partial charge in [0.25, 0.3) is 0 Å². The third-order valence-electron chi connectivity index (χ3n) is 4.24. The van der Waals surface area contributed by atoms with Gasteiger partial charge in [-0.05, 0) is 25.7 Å². The van der Waals surface area contributed by atoms with Crippen LogP contribution in [0.5, 0.6) is 0 Å². The number of hydrogen-bond acceptors (Lipinski definition) is 6. The van der Waals surface area contributed by atoms with Crippen LogP contribution in [0.25, 0.3) is 0 Å². The molecule has 0 radical (unpaired) electrons. The maximum absolute atomic E-state index is 12.0. The van der Waals surface area contributed by atoms with E-state index in [2.05, 4.69) is 0 Å². The van der Waals surface area contributed by atoms with Crippen LogP contribution in [0.4, 0.5) is 0 Å². The van der Waals surface area contributed by atoms with E-state index >= 15 is 0 Å². The van der Waals surface area contributed by atoms with Gasteiger partial charge in [-0.25, -0.2) is 0 Å². The molecule has 0 aliphatic rings. The van der Waals surface area contributed by atoms with Crippen molar-refractivity contribution in [2.45, 2.75) is 43.7 Å². The van der Waals surface area contributed by atoms with E-state index < -0.39 is 93.0 Å². The number of carboxylic acid groups (broad SMARTS) is 5. The molecule has 0 aromatic carbocycles. The van der Waals surface area contributed by atoms with Crippen molar-refractivity contribution in [2.24, 2.45) is 11.8 Å². The van der Waals surface area contributed by atoms with Gasteiger partial charge in [0.15, 0.2) is 5.16 Å². The lowest BCUT2D eigenvalue weighted by atomic mass is 9.82.